The molecule has 2 aliphatic heterocycles. The minimum Gasteiger partial charge on any atom is -0.493 e. The van der Waals surface area contributed by atoms with Crippen molar-refractivity contribution < 1.29 is 22.7 Å². The molecule has 3 aromatic carbocycles. The van der Waals surface area contributed by atoms with Gasteiger partial charge in [-0.3, -0.25) is 9.69 Å². The Balaban J connectivity index is 1.31. The first-order valence-corrected chi connectivity index (χ1v) is 13.6. The fourth-order valence-electron chi connectivity index (χ4n) is 5.92. The summed E-state index contributed by atoms with van der Waals surface area (Å²) >= 11 is 0. The maximum Gasteiger partial charge on any atom is 0.416 e. The van der Waals surface area contributed by atoms with Crippen LogP contribution in [0.15, 0.2) is 66.7 Å². The van der Waals surface area contributed by atoms with Gasteiger partial charge in [-0.25, -0.2) is 0 Å². The van der Waals surface area contributed by atoms with Crippen molar-refractivity contribution in [2.75, 3.05) is 46.9 Å². The van der Waals surface area contributed by atoms with Crippen LogP contribution in [0.2, 0.25) is 0 Å². The van der Waals surface area contributed by atoms with E-state index in [0.29, 0.717) is 25.6 Å². The topological polar surface area (TPSA) is 36.0 Å². The van der Waals surface area contributed by atoms with Crippen LogP contribution in [-0.4, -0.2) is 73.5 Å². The van der Waals surface area contributed by atoms with Gasteiger partial charge in [0.1, 0.15) is 5.75 Å². The van der Waals surface area contributed by atoms with Gasteiger partial charge in [-0.2, -0.15) is 13.2 Å². The van der Waals surface area contributed by atoms with Gasteiger partial charge in [-0.1, -0.05) is 42.5 Å². The molecule has 208 valence electrons. The smallest absolute Gasteiger partial charge is 0.416 e. The number of rotatable bonds is 7. The Bertz CT molecular complexity index is 1300. The van der Waals surface area contributed by atoms with Gasteiger partial charge in [-0.15, -0.1) is 0 Å². The zero-order chi connectivity index (χ0) is 27.6. The summed E-state index contributed by atoms with van der Waals surface area (Å²) in [6.07, 6.45) is -2.79. The Morgan fingerprint density at radius 3 is 2.51 bits per heavy atom. The highest BCUT2D eigenvalue weighted by Crippen LogP contribution is 2.32. The first-order chi connectivity index (χ1) is 18.7. The lowest BCUT2D eigenvalue weighted by molar-refractivity contribution is -0.138. The highest BCUT2D eigenvalue weighted by atomic mass is 19.4. The van der Waals surface area contributed by atoms with Crippen LogP contribution < -0.4 is 4.74 Å². The zero-order valence-corrected chi connectivity index (χ0v) is 22.5. The number of halogens is 3. The number of likely N-dealkylation sites (tertiary alicyclic amines) is 2. The van der Waals surface area contributed by atoms with Crippen molar-refractivity contribution in [1.29, 1.82) is 0 Å². The highest BCUT2D eigenvalue weighted by Gasteiger charge is 2.37. The maximum atomic E-state index is 13.6. The van der Waals surface area contributed by atoms with Crippen LogP contribution in [0.4, 0.5) is 13.2 Å². The summed E-state index contributed by atoms with van der Waals surface area (Å²) in [7, 11) is 4.09. The third kappa shape index (κ3) is 6.73. The minimum absolute atomic E-state index is 0.0231. The van der Waals surface area contributed by atoms with E-state index in [0.717, 1.165) is 38.2 Å². The lowest BCUT2D eigenvalue weighted by atomic mass is 9.88. The molecular weight excluding hydrogens is 503 g/mol. The van der Waals surface area contributed by atoms with Gasteiger partial charge in [-0.05, 0) is 67.5 Å². The molecule has 2 fully saturated rings. The quantitative estimate of drug-likeness (QED) is 0.395. The number of nitrogens with zero attached hydrogens (tertiary/aromatic N) is 3. The van der Waals surface area contributed by atoms with E-state index in [-0.39, 0.29) is 30.1 Å². The lowest BCUT2D eigenvalue weighted by Gasteiger charge is -2.38. The molecule has 39 heavy (non-hydrogen) atoms. The normalized spacial score (nSPS) is 22.5. The van der Waals surface area contributed by atoms with Crippen molar-refractivity contribution in [3.8, 4) is 5.75 Å². The molecule has 0 aliphatic carbocycles. The standard InChI is InChI=1S/C31H36F3N3O2/c1-35(2)28-12-13-37(20-28)30(38)26-15-23(21-39-29-9-5-8-27(16-29)31(32,33)34)18-36(19-26)17-22-10-11-24-6-3-4-7-25(24)14-22/h3-11,14,16,23,26,28H,12-13,15,17-21H2,1-2H3/t23-,26+,28?/m0/s1. The monoisotopic (exact) mass is 539 g/mol. The molecule has 0 N–H and O–H groups in total. The fourth-order valence-corrected chi connectivity index (χ4v) is 5.92. The Morgan fingerprint density at radius 1 is 0.974 bits per heavy atom. The molecule has 0 bridgehead atoms. The Hall–Kier alpha value is -3.10. The van der Waals surface area contributed by atoms with Gasteiger partial charge in [0.15, 0.2) is 0 Å². The average molecular weight is 540 g/mol. The first-order valence-electron chi connectivity index (χ1n) is 13.6. The molecule has 5 rings (SSSR count). The molecule has 8 heteroatoms. The molecule has 1 unspecified atom stereocenters. The van der Waals surface area contributed by atoms with Crippen LogP contribution in [0.25, 0.3) is 10.8 Å². The molecule has 5 nitrogen and oxygen atoms in total. The average Bonchev–Trinajstić information content (AvgIpc) is 3.42. The van der Waals surface area contributed by atoms with Gasteiger partial charge in [0.2, 0.25) is 5.91 Å². The van der Waals surface area contributed by atoms with Gasteiger partial charge >= 0.3 is 6.18 Å². The Morgan fingerprint density at radius 2 is 1.77 bits per heavy atom. The van der Waals surface area contributed by atoms with Gasteiger partial charge in [0, 0.05) is 44.7 Å². The Labute approximate surface area is 228 Å². The predicted octanol–water partition coefficient (Wildman–Crippen LogP) is 5.54. The van der Waals surface area contributed by atoms with E-state index in [4.69, 9.17) is 4.74 Å². The third-order valence-corrected chi connectivity index (χ3v) is 8.03. The Kier molecular flexibility index (Phi) is 8.14. The largest absolute Gasteiger partial charge is 0.493 e. The van der Waals surface area contributed by atoms with Gasteiger partial charge in [0.25, 0.3) is 0 Å². The molecule has 3 atom stereocenters. The zero-order valence-electron chi connectivity index (χ0n) is 22.5. The molecule has 1 amide bonds. The van der Waals surface area contributed by atoms with Crippen LogP contribution in [0.1, 0.15) is 24.0 Å². The van der Waals surface area contributed by atoms with Crippen LogP contribution >= 0.6 is 0 Å². The summed E-state index contributed by atoms with van der Waals surface area (Å²) in [6, 6.07) is 20.1. The van der Waals surface area contributed by atoms with E-state index in [9.17, 15) is 18.0 Å². The number of amides is 1. The molecular formula is C31H36F3N3O2. The van der Waals surface area contributed by atoms with E-state index in [2.05, 4.69) is 40.1 Å². The van der Waals surface area contributed by atoms with E-state index in [1.165, 1.54) is 22.4 Å². The molecule has 0 spiro atoms. The fraction of sp³-hybridized carbons (Fsp3) is 0.452. The van der Waals surface area contributed by atoms with Crippen LogP contribution in [0.3, 0.4) is 0 Å². The molecule has 2 aliphatic rings. The summed E-state index contributed by atoms with van der Waals surface area (Å²) in [4.78, 5) is 20.1. The van der Waals surface area contributed by atoms with Gasteiger partial charge < -0.3 is 14.5 Å². The van der Waals surface area contributed by atoms with Gasteiger partial charge in [0.05, 0.1) is 18.1 Å². The molecule has 0 aromatic heterocycles. The van der Waals surface area contributed by atoms with Crippen LogP contribution in [0, 0.1) is 11.8 Å². The number of ether oxygens (including phenoxy) is 1. The number of piperidine rings is 1. The minimum atomic E-state index is -4.42. The summed E-state index contributed by atoms with van der Waals surface area (Å²) in [5, 5.41) is 2.36. The maximum absolute atomic E-state index is 13.6. The summed E-state index contributed by atoms with van der Waals surface area (Å²) in [6.45, 7) is 3.84. The molecule has 2 heterocycles. The van der Waals surface area contributed by atoms with E-state index in [1.54, 1.807) is 6.07 Å². The van der Waals surface area contributed by atoms with E-state index in [1.807, 2.05) is 31.1 Å². The van der Waals surface area contributed by atoms with Crippen molar-refractivity contribution in [3.63, 3.8) is 0 Å². The second-order valence-electron chi connectivity index (χ2n) is 11.2. The number of hydrogen-bond donors (Lipinski definition) is 0. The summed E-state index contributed by atoms with van der Waals surface area (Å²) < 4.78 is 45.4. The number of carbonyl (C=O) groups excluding carboxylic acids is 1. The van der Waals surface area contributed by atoms with Crippen LogP contribution in [0.5, 0.6) is 5.75 Å². The highest BCUT2D eigenvalue weighted by molar-refractivity contribution is 5.83. The van der Waals surface area contributed by atoms with Crippen molar-refractivity contribution in [3.05, 3.63) is 77.9 Å². The summed E-state index contributed by atoms with van der Waals surface area (Å²) in [5.74, 6) is 0.226. The number of benzene rings is 3. The molecule has 0 saturated carbocycles. The van der Waals surface area contributed by atoms with Crippen LogP contribution in [-0.2, 0) is 17.5 Å². The van der Waals surface area contributed by atoms with E-state index < -0.39 is 11.7 Å². The van der Waals surface area contributed by atoms with Crippen molar-refractivity contribution in [1.82, 2.24) is 14.7 Å². The van der Waals surface area contributed by atoms with E-state index >= 15 is 0 Å². The van der Waals surface area contributed by atoms with Crippen molar-refractivity contribution >= 4 is 16.7 Å². The molecule has 2 saturated heterocycles. The number of alkyl halides is 3. The SMILES string of the molecule is CN(C)C1CCN(C(=O)[C@@H]2C[C@H](COc3cccc(C(F)(F)F)c3)CN(Cc3ccc4ccccc4c3)C2)C1. The number of hydrogen-bond acceptors (Lipinski definition) is 4. The predicted molar refractivity (Wildman–Crippen MR) is 146 cm³/mol. The molecule has 3 aromatic rings. The van der Waals surface area contributed by atoms with Crippen molar-refractivity contribution in [2.45, 2.75) is 31.6 Å². The number of likely N-dealkylation sites (N-methyl/N-ethyl adjacent to an activating group) is 1. The third-order valence-electron chi connectivity index (χ3n) is 8.03. The lowest BCUT2D eigenvalue weighted by Crippen LogP contribution is -2.48. The second kappa shape index (κ2) is 11.6. The van der Waals surface area contributed by atoms with Crippen molar-refractivity contribution in [2.24, 2.45) is 11.8 Å². The number of carbonyl (C=O) groups is 1. The first kappa shape index (κ1) is 27.5. The second-order valence-corrected chi connectivity index (χ2v) is 11.2. The number of fused-ring (bicyclic) bond motifs is 1. The summed E-state index contributed by atoms with van der Waals surface area (Å²) in [5.41, 5.74) is 0.451. The molecule has 0 radical (unpaired) electrons.